The smallest absolute Gasteiger partial charge is 0.248 e. The molecule has 0 aliphatic carbocycles. The second-order valence-electron chi connectivity index (χ2n) is 10.2. The number of anilines is 1. The van der Waals surface area contributed by atoms with E-state index in [9.17, 15) is 9.59 Å². The van der Waals surface area contributed by atoms with Crippen molar-refractivity contribution in [2.45, 2.75) is 65.0 Å². The molecule has 2 heterocycles. The molecule has 3 aromatic rings. The first-order valence-corrected chi connectivity index (χ1v) is 11.1. The lowest BCUT2D eigenvalue weighted by atomic mass is 9.87. The fourth-order valence-corrected chi connectivity index (χ4v) is 3.58. The molecule has 2 amide bonds. The number of nitrogens with zero attached hydrogens (tertiary/aromatic N) is 3. The Kier molecular flexibility index (Phi) is 7.01. The van der Waals surface area contributed by atoms with E-state index in [1.165, 1.54) is 6.33 Å². The monoisotopic (exact) mass is 447 g/mol. The van der Waals surface area contributed by atoms with E-state index in [1.807, 2.05) is 51.1 Å². The van der Waals surface area contributed by atoms with Gasteiger partial charge in [0.1, 0.15) is 6.04 Å². The van der Waals surface area contributed by atoms with E-state index < -0.39 is 11.6 Å². The molecule has 0 spiro atoms. The van der Waals surface area contributed by atoms with Crippen molar-refractivity contribution >= 4 is 17.5 Å². The van der Waals surface area contributed by atoms with Gasteiger partial charge in [0.05, 0.1) is 12.7 Å². The summed E-state index contributed by atoms with van der Waals surface area (Å²) in [6.45, 7) is 12.2. The average Bonchev–Trinajstić information content (AvgIpc) is 3.23. The minimum atomic E-state index is -0.881. The number of hydrogen-bond acceptors (Lipinski definition) is 4. The summed E-state index contributed by atoms with van der Waals surface area (Å²) in [5.74, 6) is -0.492. The lowest BCUT2D eigenvalue weighted by Gasteiger charge is -2.34. The van der Waals surface area contributed by atoms with Crippen LogP contribution in [0.15, 0.2) is 61.3 Å². The molecule has 0 bridgehead atoms. The number of rotatable bonds is 6. The fraction of sp³-hybridized carbons (Fsp3) is 0.385. The van der Waals surface area contributed by atoms with Crippen molar-refractivity contribution in [3.63, 3.8) is 0 Å². The summed E-state index contributed by atoms with van der Waals surface area (Å²) >= 11 is 0. The third-order valence-electron chi connectivity index (χ3n) is 5.18. The zero-order chi connectivity index (χ0) is 24.2. The summed E-state index contributed by atoms with van der Waals surface area (Å²) in [5.41, 5.74) is 2.60. The van der Waals surface area contributed by atoms with E-state index in [0.717, 1.165) is 5.56 Å². The second kappa shape index (κ2) is 9.57. The molecule has 0 saturated carbocycles. The van der Waals surface area contributed by atoms with Gasteiger partial charge in [0.15, 0.2) is 0 Å². The molecule has 1 atom stereocenters. The summed E-state index contributed by atoms with van der Waals surface area (Å²) in [4.78, 5) is 40.0. The van der Waals surface area contributed by atoms with Crippen molar-refractivity contribution < 1.29 is 9.59 Å². The van der Waals surface area contributed by atoms with Gasteiger partial charge in [0, 0.05) is 41.1 Å². The number of pyridine rings is 1. The Labute approximate surface area is 195 Å². The molecule has 0 saturated heterocycles. The highest BCUT2D eigenvalue weighted by Crippen LogP contribution is 2.31. The molecule has 2 N–H and O–H groups in total. The number of imidazole rings is 1. The number of benzene rings is 1. The SMILES string of the molecule is CC(C)(C)NC(=O)C(c1cccnc1)N(C(=O)Cc1cnc[nH]1)c1ccc(C(C)(C)C)cc1. The molecule has 7 heteroatoms. The summed E-state index contributed by atoms with van der Waals surface area (Å²) in [5, 5.41) is 3.04. The molecule has 0 fully saturated rings. The molecule has 1 aromatic carbocycles. The van der Waals surface area contributed by atoms with E-state index in [4.69, 9.17) is 0 Å². The number of hydrogen-bond donors (Lipinski definition) is 2. The number of amides is 2. The predicted octanol–water partition coefficient (Wildman–Crippen LogP) is 4.33. The lowest BCUT2D eigenvalue weighted by molar-refractivity contribution is -0.127. The maximum Gasteiger partial charge on any atom is 0.248 e. The minimum Gasteiger partial charge on any atom is -0.349 e. The van der Waals surface area contributed by atoms with Crippen LogP contribution in [0.2, 0.25) is 0 Å². The average molecular weight is 448 g/mol. The predicted molar refractivity (Wildman–Crippen MR) is 130 cm³/mol. The molecule has 174 valence electrons. The van der Waals surface area contributed by atoms with Crippen LogP contribution in [0.4, 0.5) is 5.69 Å². The van der Waals surface area contributed by atoms with Crippen molar-refractivity contribution in [2.24, 2.45) is 0 Å². The zero-order valence-corrected chi connectivity index (χ0v) is 20.2. The van der Waals surface area contributed by atoms with Crippen LogP contribution in [0.5, 0.6) is 0 Å². The van der Waals surface area contributed by atoms with E-state index in [-0.39, 0.29) is 23.7 Å². The van der Waals surface area contributed by atoms with Crippen molar-refractivity contribution in [1.29, 1.82) is 0 Å². The van der Waals surface area contributed by atoms with Gasteiger partial charge >= 0.3 is 0 Å². The van der Waals surface area contributed by atoms with Gasteiger partial charge in [-0.05, 0) is 49.9 Å². The number of H-pyrrole nitrogens is 1. The van der Waals surface area contributed by atoms with Gasteiger partial charge in [-0.1, -0.05) is 39.0 Å². The molecule has 1 unspecified atom stereocenters. The first-order valence-electron chi connectivity index (χ1n) is 11.1. The number of carbonyl (C=O) groups is 2. The first kappa shape index (κ1) is 24.2. The van der Waals surface area contributed by atoms with Crippen molar-refractivity contribution in [3.8, 4) is 0 Å². The van der Waals surface area contributed by atoms with Crippen molar-refractivity contribution in [2.75, 3.05) is 4.90 Å². The van der Waals surface area contributed by atoms with Crippen LogP contribution in [0.1, 0.15) is 64.4 Å². The maximum atomic E-state index is 13.7. The summed E-state index contributed by atoms with van der Waals surface area (Å²) in [7, 11) is 0. The highest BCUT2D eigenvalue weighted by molar-refractivity contribution is 6.02. The largest absolute Gasteiger partial charge is 0.349 e. The Morgan fingerprint density at radius 2 is 1.70 bits per heavy atom. The Morgan fingerprint density at radius 3 is 2.21 bits per heavy atom. The van der Waals surface area contributed by atoms with Crippen molar-refractivity contribution in [1.82, 2.24) is 20.3 Å². The molecule has 0 radical (unpaired) electrons. The van der Waals surface area contributed by atoms with Gasteiger partial charge in [-0.2, -0.15) is 0 Å². The normalized spacial score (nSPS) is 12.8. The van der Waals surface area contributed by atoms with Crippen LogP contribution in [-0.2, 0) is 21.4 Å². The Bertz CT molecular complexity index is 1060. The van der Waals surface area contributed by atoms with Crippen LogP contribution in [0.25, 0.3) is 0 Å². The summed E-state index contributed by atoms with van der Waals surface area (Å²) < 4.78 is 0. The minimum absolute atomic E-state index is 0.0321. The fourth-order valence-electron chi connectivity index (χ4n) is 3.58. The van der Waals surface area contributed by atoms with Gasteiger partial charge in [0.25, 0.3) is 0 Å². The standard InChI is InChI=1S/C26H33N5O2/c1-25(2,3)19-9-11-21(12-10-19)31(22(32)14-20-16-28-17-29-20)23(18-8-7-13-27-15-18)24(33)30-26(4,5)6/h7-13,15-17,23H,14H2,1-6H3,(H,28,29)(H,30,33). The molecule has 2 aromatic heterocycles. The highest BCUT2D eigenvalue weighted by Gasteiger charge is 2.34. The molecular formula is C26H33N5O2. The van der Waals surface area contributed by atoms with E-state index in [2.05, 4.69) is 41.0 Å². The van der Waals surface area contributed by atoms with E-state index in [1.54, 1.807) is 29.6 Å². The van der Waals surface area contributed by atoms with Crippen LogP contribution < -0.4 is 10.2 Å². The van der Waals surface area contributed by atoms with Gasteiger partial charge in [-0.3, -0.25) is 19.5 Å². The van der Waals surface area contributed by atoms with Crippen LogP contribution in [0, 0.1) is 0 Å². The van der Waals surface area contributed by atoms with Gasteiger partial charge in [0.2, 0.25) is 11.8 Å². The number of carbonyl (C=O) groups excluding carboxylic acids is 2. The number of aromatic nitrogens is 3. The zero-order valence-electron chi connectivity index (χ0n) is 20.2. The molecule has 33 heavy (non-hydrogen) atoms. The topological polar surface area (TPSA) is 91.0 Å². The highest BCUT2D eigenvalue weighted by atomic mass is 16.2. The first-order chi connectivity index (χ1) is 15.5. The third-order valence-corrected chi connectivity index (χ3v) is 5.18. The van der Waals surface area contributed by atoms with Crippen LogP contribution in [0.3, 0.4) is 0 Å². The summed E-state index contributed by atoms with van der Waals surface area (Å²) in [6, 6.07) is 10.5. The molecule has 0 aliphatic heterocycles. The lowest BCUT2D eigenvalue weighted by Crippen LogP contribution is -2.50. The van der Waals surface area contributed by atoms with Crippen LogP contribution in [-0.4, -0.2) is 32.3 Å². The van der Waals surface area contributed by atoms with E-state index >= 15 is 0 Å². The summed E-state index contributed by atoms with van der Waals surface area (Å²) in [6.07, 6.45) is 6.52. The quantitative estimate of drug-likeness (QED) is 0.588. The Hall–Kier alpha value is -3.48. The van der Waals surface area contributed by atoms with Gasteiger partial charge in [-0.25, -0.2) is 4.98 Å². The molecule has 0 aliphatic rings. The number of nitrogens with one attached hydrogen (secondary N) is 2. The van der Waals surface area contributed by atoms with Gasteiger partial charge in [-0.15, -0.1) is 0 Å². The third kappa shape index (κ3) is 6.28. The Morgan fingerprint density at radius 1 is 1.00 bits per heavy atom. The van der Waals surface area contributed by atoms with E-state index in [0.29, 0.717) is 16.9 Å². The molecule has 7 nitrogen and oxygen atoms in total. The van der Waals surface area contributed by atoms with Crippen LogP contribution >= 0.6 is 0 Å². The van der Waals surface area contributed by atoms with Crippen molar-refractivity contribution in [3.05, 3.63) is 78.1 Å². The molecule has 3 rings (SSSR count). The molecular weight excluding hydrogens is 414 g/mol. The Balaban J connectivity index is 2.10. The maximum absolute atomic E-state index is 13.7. The second-order valence-corrected chi connectivity index (χ2v) is 10.2. The van der Waals surface area contributed by atoms with Gasteiger partial charge < -0.3 is 10.3 Å². The number of aromatic amines is 1.